The molecule has 0 aromatic carbocycles. The first kappa shape index (κ1) is 6.14. The number of rotatable bonds is 2. The Morgan fingerprint density at radius 2 is 2.30 bits per heavy atom. The van der Waals surface area contributed by atoms with Crippen LogP contribution in [0.15, 0.2) is 12.2 Å². The molecule has 1 fully saturated rings. The molecule has 2 aliphatic carbocycles. The maximum atomic E-state index is 10.2. The van der Waals surface area contributed by atoms with Crippen LogP contribution in [0.1, 0.15) is 19.3 Å². The van der Waals surface area contributed by atoms with Crippen molar-refractivity contribution in [2.45, 2.75) is 19.3 Å². The van der Waals surface area contributed by atoms with Crippen molar-refractivity contribution in [3.8, 4) is 0 Å². The van der Waals surface area contributed by atoms with Crippen molar-refractivity contribution in [1.82, 2.24) is 0 Å². The molecule has 2 rings (SSSR count). The molecule has 3 atom stereocenters. The normalized spacial score (nSPS) is 42.6. The summed E-state index contributed by atoms with van der Waals surface area (Å²) in [5, 5.41) is 0. The second-order valence-corrected chi connectivity index (χ2v) is 3.44. The zero-order valence-corrected chi connectivity index (χ0v) is 5.99. The van der Waals surface area contributed by atoms with Gasteiger partial charge in [-0.3, -0.25) is 0 Å². The summed E-state index contributed by atoms with van der Waals surface area (Å²) in [4.78, 5) is 10.2. The van der Waals surface area contributed by atoms with Crippen LogP contribution >= 0.6 is 0 Å². The third-order valence-electron chi connectivity index (χ3n) is 2.82. The van der Waals surface area contributed by atoms with Gasteiger partial charge in [0.15, 0.2) is 0 Å². The monoisotopic (exact) mass is 136 g/mol. The molecule has 1 heteroatoms. The highest BCUT2D eigenvalue weighted by atomic mass is 16.1. The summed E-state index contributed by atoms with van der Waals surface area (Å²) >= 11 is 0. The van der Waals surface area contributed by atoms with Gasteiger partial charge in [0.1, 0.15) is 6.29 Å². The lowest BCUT2D eigenvalue weighted by atomic mass is 9.91. The van der Waals surface area contributed by atoms with Crippen molar-refractivity contribution in [1.29, 1.82) is 0 Å². The molecule has 0 aromatic rings. The Kier molecular flexibility index (Phi) is 1.37. The molecule has 54 valence electrons. The molecule has 0 amide bonds. The van der Waals surface area contributed by atoms with Crippen LogP contribution in [-0.2, 0) is 4.79 Å². The van der Waals surface area contributed by atoms with Gasteiger partial charge in [-0.1, -0.05) is 12.2 Å². The van der Waals surface area contributed by atoms with Gasteiger partial charge in [0, 0.05) is 6.42 Å². The van der Waals surface area contributed by atoms with Gasteiger partial charge in [-0.05, 0) is 30.6 Å². The molecule has 0 heterocycles. The van der Waals surface area contributed by atoms with Crippen molar-refractivity contribution in [3.05, 3.63) is 12.2 Å². The molecule has 0 saturated heterocycles. The average Bonchev–Trinajstić information content (AvgIpc) is 2.48. The van der Waals surface area contributed by atoms with E-state index in [0.717, 1.165) is 24.5 Å². The number of carbonyl (C=O) groups is 1. The van der Waals surface area contributed by atoms with E-state index < -0.39 is 0 Å². The van der Waals surface area contributed by atoms with E-state index in [4.69, 9.17) is 0 Å². The van der Waals surface area contributed by atoms with Gasteiger partial charge < -0.3 is 4.79 Å². The van der Waals surface area contributed by atoms with Crippen LogP contribution in [0.4, 0.5) is 0 Å². The van der Waals surface area contributed by atoms with E-state index in [1.54, 1.807) is 0 Å². The second-order valence-electron chi connectivity index (χ2n) is 3.44. The van der Waals surface area contributed by atoms with Crippen LogP contribution in [0.25, 0.3) is 0 Å². The Labute approximate surface area is 61.1 Å². The zero-order valence-electron chi connectivity index (χ0n) is 5.99. The van der Waals surface area contributed by atoms with E-state index in [2.05, 4.69) is 12.2 Å². The summed E-state index contributed by atoms with van der Waals surface area (Å²) in [6, 6.07) is 0. The quantitative estimate of drug-likeness (QED) is 0.418. The largest absolute Gasteiger partial charge is 0.303 e. The lowest BCUT2D eigenvalue weighted by Gasteiger charge is -2.13. The Hall–Kier alpha value is -0.590. The topological polar surface area (TPSA) is 17.1 Å². The van der Waals surface area contributed by atoms with Gasteiger partial charge in [-0.2, -0.15) is 0 Å². The van der Waals surface area contributed by atoms with Crippen molar-refractivity contribution in [2.24, 2.45) is 17.8 Å². The van der Waals surface area contributed by atoms with Crippen LogP contribution in [0.2, 0.25) is 0 Å². The molecule has 2 aliphatic rings. The fraction of sp³-hybridized carbons (Fsp3) is 0.667. The van der Waals surface area contributed by atoms with E-state index in [1.165, 1.54) is 12.8 Å². The molecule has 1 saturated carbocycles. The first-order valence-corrected chi connectivity index (χ1v) is 4.02. The highest BCUT2D eigenvalue weighted by Gasteiger charge is 2.34. The minimum atomic E-state index is 0.687. The summed E-state index contributed by atoms with van der Waals surface area (Å²) in [7, 11) is 0. The molecule has 0 N–H and O–H groups in total. The first-order valence-electron chi connectivity index (χ1n) is 4.02. The van der Waals surface area contributed by atoms with Gasteiger partial charge in [-0.25, -0.2) is 0 Å². The number of fused-ring (bicyclic) bond motifs is 2. The third kappa shape index (κ3) is 0.808. The highest BCUT2D eigenvalue weighted by molar-refractivity contribution is 5.50. The number of carbonyl (C=O) groups excluding carboxylic acids is 1. The van der Waals surface area contributed by atoms with Crippen molar-refractivity contribution < 1.29 is 4.79 Å². The Morgan fingerprint density at radius 1 is 1.40 bits per heavy atom. The molecule has 0 spiro atoms. The van der Waals surface area contributed by atoms with Crippen LogP contribution in [0, 0.1) is 17.8 Å². The fourth-order valence-electron chi connectivity index (χ4n) is 2.29. The van der Waals surface area contributed by atoms with E-state index in [0.29, 0.717) is 5.92 Å². The Bertz CT molecular complexity index is 172. The van der Waals surface area contributed by atoms with Gasteiger partial charge in [0.2, 0.25) is 0 Å². The number of aldehydes is 1. The van der Waals surface area contributed by atoms with E-state index in [1.807, 2.05) is 0 Å². The number of hydrogen-bond acceptors (Lipinski definition) is 1. The van der Waals surface area contributed by atoms with Crippen molar-refractivity contribution >= 4 is 6.29 Å². The molecular weight excluding hydrogens is 124 g/mol. The summed E-state index contributed by atoms with van der Waals surface area (Å²) < 4.78 is 0. The highest BCUT2D eigenvalue weighted by Crippen LogP contribution is 2.44. The van der Waals surface area contributed by atoms with Crippen molar-refractivity contribution in [3.63, 3.8) is 0 Å². The summed E-state index contributed by atoms with van der Waals surface area (Å²) in [6.45, 7) is 0. The lowest BCUT2D eigenvalue weighted by Crippen LogP contribution is -2.06. The van der Waals surface area contributed by atoms with Crippen LogP contribution in [-0.4, -0.2) is 6.29 Å². The molecule has 1 nitrogen and oxygen atoms in total. The molecule has 3 unspecified atom stereocenters. The molecule has 0 aromatic heterocycles. The predicted octanol–water partition coefficient (Wildman–Crippen LogP) is 1.79. The first-order chi connectivity index (χ1) is 4.90. The molecule has 0 radical (unpaired) electrons. The summed E-state index contributed by atoms with van der Waals surface area (Å²) in [5.41, 5.74) is 0. The predicted molar refractivity (Wildman–Crippen MR) is 39.5 cm³/mol. The molecule has 2 bridgehead atoms. The maximum absolute atomic E-state index is 10.2. The lowest BCUT2D eigenvalue weighted by molar-refractivity contribution is -0.108. The van der Waals surface area contributed by atoms with Gasteiger partial charge in [0.25, 0.3) is 0 Å². The Balaban J connectivity index is 2.02. The van der Waals surface area contributed by atoms with E-state index >= 15 is 0 Å². The minimum absolute atomic E-state index is 0.687. The van der Waals surface area contributed by atoms with Gasteiger partial charge >= 0.3 is 0 Å². The van der Waals surface area contributed by atoms with Gasteiger partial charge in [0.05, 0.1) is 0 Å². The van der Waals surface area contributed by atoms with Gasteiger partial charge in [-0.15, -0.1) is 0 Å². The maximum Gasteiger partial charge on any atom is 0.120 e. The number of allylic oxidation sites excluding steroid dienone is 2. The fourth-order valence-corrected chi connectivity index (χ4v) is 2.29. The summed E-state index contributed by atoms with van der Waals surface area (Å²) in [5.74, 6) is 2.25. The van der Waals surface area contributed by atoms with E-state index in [9.17, 15) is 4.79 Å². The SMILES string of the molecule is O=CCC1CC2C=CC1C2. The van der Waals surface area contributed by atoms with E-state index in [-0.39, 0.29) is 0 Å². The van der Waals surface area contributed by atoms with Crippen LogP contribution in [0.3, 0.4) is 0 Å². The van der Waals surface area contributed by atoms with Crippen LogP contribution in [0.5, 0.6) is 0 Å². The standard InChI is InChI=1S/C9H12O/c10-4-3-9-6-7-1-2-8(9)5-7/h1-2,4,7-9H,3,5-6H2. The van der Waals surface area contributed by atoms with Crippen LogP contribution < -0.4 is 0 Å². The zero-order chi connectivity index (χ0) is 6.97. The number of hydrogen-bond donors (Lipinski definition) is 0. The average molecular weight is 136 g/mol. The Morgan fingerprint density at radius 3 is 2.80 bits per heavy atom. The molecular formula is C9H12O. The molecule has 10 heavy (non-hydrogen) atoms. The molecule has 0 aliphatic heterocycles. The smallest absolute Gasteiger partial charge is 0.120 e. The third-order valence-corrected chi connectivity index (χ3v) is 2.82. The minimum Gasteiger partial charge on any atom is -0.303 e. The van der Waals surface area contributed by atoms with Crippen molar-refractivity contribution in [2.75, 3.05) is 0 Å². The second kappa shape index (κ2) is 2.22. The summed E-state index contributed by atoms with van der Waals surface area (Å²) in [6.07, 6.45) is 9.04.